The van der Waals surface area contributed by atoms with E-state index >= 15 is 0 Å². The van der Waals surface area contributed by atoms with Crippen LogP contribution in [0.25, 0.3) is 0 Å². The van der Waals surface area contributed by atoms with Crippen molar-refractivity contribution in [1.29, 1.82) is 0 Å². The van der Waals surface area contributed by atoms with Gasteiger partial charge in [-0.15, -0.1) is 0 Å². The summed E-state index contributed by atoms with van der Waals surface area (Å²) in [6, 6.07) is 0. The standard InChI is InChI=1S/C12H23N3O2/c1-4-7-10(16-5-2)12-14-11(17-15-12)8-6-9-13-3/h10,13H,4-9H2,1-3H3. The fourth-order valence-electron chi connectivity index (χ4n) is 1.67. The highest BCUT2D eigenvalue weighted by molar-refractivity contribution is 4.91. The fourth-order valence-corrected chi connectivity index (χ4v) is 1.67. The van der Waals surface area contributed by atoms with Crippen molar-refractivity contribution in [2.75, 3.05) is 20.2 Å². The molecule has 0 saturated carbocycles. The van der Waals surface area contributed by atoms with Gasteiger partial charge in [0.25, 0.3) is 0 Å². The Morgan fingerprint density at radius 1 is 1.41 bits per heavy atom. The highest BCUT2D eigenvalue weighted by Gasteiger charge is 2.17. The summed E-state index contributed by atoms with van der Waals surface area (Å²) in [5, 5.41) is 7.09. The van der Waals surface area contributed by atoms with Gasteiger partial charge in [0.15, 0.2) is 0 Å². The minimum absolute atomic E-state index is 0.0215. The summed E-state index contributed by atoms with van der Waals surface area (Å²) in [5.41, 5.74) is 0. The molecule has 0 fully saturated rings. The Bertz CT molecular complexity index is 296. The summed E-state index contributed by atoms with van der Waals surface area (Å²) < 4.78 is 10.8. The highest BCUT2D eigenvalue weighted by atomic mass is 16.5. The fraction of sp³-hybridized carbons (Fsp3) is 0.833. The molecular weight excluding hydrogens is 218 g/mol. The predicted octanol–water partition coefficient (Wildman–Crippen LogP) is 2.10. The van der Waals surface area contributed by atoms with Crippen molar-refractivity contribution >= 4 is 0 Å². The van der Waals surface area contributed by atoms with E-state index in [0.717, 1.165) is 32.2 Å². The molecule has 0 radical (unpaired) electrons. The predicted molar refractivity (Wildman–Crippen MR) is 65.8 cm³/mol. The molecule has 1 heterocycles. The number of hydrogen-bond acceptors (Lipinski definition) is 5. The maximum atomic E-state index is 5.61. The van der Waals surface area contributed by atoms with Crippen molar-refractivity contribution in [1.82, 2.24) is 15.5 Å². The Morgan fingerprint density at radius 3 is 2.88 bits per heavy atom. The van der Waals surface area contributed by atoms with Crippen LogP contribution >= 0.6 is 0 Å². The van der Waals surface area contributed by atoms with Gasteiger partial charge in [-0.25, -0.2) is 0 Å². The Labute approximate surface area is 103 Å². The second-order valence-corrected chi connectivity index (χ2v) is 3.99. The van der Waals surface area contributed by atoms with Crippen LogP contribution in [0.5, 0.6) is 0 Å². The van der Waals surface area contributed by atoms with Gasteiger partial charge in [0.2, 0.25) is 11.7 Å². The second-order valence-electron chi connectivity index (χ2n) is 3.99. The number of ether oxygens (including phenoxy) is 1. The molecule has 17 heavy (non-hydrogen) atoms. The molecule has 1 aromatic rings. The lowest BCUT2D eigenvalue weighted by atomic mass is 10.2. The summed E-state index contributed by atoms with van der Waals surface area (Å²) >= 11 is 0. The Morgan fingerprint density at radius 2 is 2.24 bits per heavy atom. The first-order valence-electron chi connectivity index (χ1n) is 6.40. The molecule has 0 aliphatic carbocycles. The zero-order chi connectivity index (χ0) is 12.5. The van der Waals surface area contributed by atoms with Gasteiger partial charge in [0, 0.05) is 13.0 Å². The summed E-state index contributed by atoms with van der Waals surface area (Å²) in [6.07, 6.45) is 3.79. The van der Waals surface area contributed by atoms with E-state index in [9.17, 15) is 0 Å². The molecule has 0 saturated heterocycles. The largest absolute Gasteiger partial charge is 0.370 e. The van der Waals surface area contributed by atoms with Crippen molar-refractivity contribution < 1.29 is 9.26 Å². The molecule has 0 bridgehead atoms. The number of aryl methyl sites for hydroxylation is 1. The van der Waals surface area contributed by atoms with E-state index in [4.69, 9.17) is 9.26 Å². The van der Waals surface area contributed by atoms with Gasteiger partial charge < -0.3 is 14.6 Å². The zero-order valence-corrected chi connectivity index (χ0v) is 11.0. The molecule has 1 aromatic heterocycles. The van der Waals surface area contributed by atoms with Crippen molar-refractivity contribution in [3.63, 3.8) is 0 Å². The van der Waals surface area contributed by atoms with Crippen LogP contribution in [0.1, 0.15) is 50.9 Å². The number of nitrogens with zero attached hydrogens (tertiary/aromatic N) is 2. The molecule has 0 aliphatic rings. The lowest BCUT2D eigenvalue weighted by molar-refractivity contribution is 0.0478. The lowest BCUT2D eigenvalue weighted by Crippen LogP contribution is -2.09. The van der Waals surface area contributed by atoms with E-state index in [1.54, 1.807) is 0 Å². The van der Waals surface area contributed by atoms with E-state index in [1.165, 1.54) is 0 Å². The van der Waals surface area contributed by atoms with Gasteiger partial charge in [-0.3, -0.25) is 0 Å². The smallest absolute Gasteiger partial charge is 0.226 e. The molecule has 0 aromatic carbocycles. The third kappa shape index (κ3) is 4.83. The highest BCUT2D eigenvalue weighted by Crippen LogP contribution is 2.20. The van der Waals surface area contributed by atoms with Crippen LogP contribution in [0.4, 0.5) is 0 Å². The van der Waals surface area contributed by atoms with Gasteiger partial charge in [-0.2, -0.15) is 4.98 Å². The first-order valence-corrected chi connectivity index (χ1v) is 6.40. The Hall–Kier alpha value is -0.940. The van der Waals surface area contributed by atoms with Crippen LogP contribution in [-0.2, 0) is 11.2 Å². The van der Waals surface area contributed by atoms with E-state index in [1.807, 2.05) is 14.0 Å². The molecule has 5 nitrogen and oxygen atoms in total. The van der Waals surface area contributed by atoms with Crippen molar-refractivity contribution in [2.45, 2.75) is 45.6 Å². The van der Waals surface area contributed by atoms with E-state index in [-0.39, 0.29) is 6.10 Å². The third-order valence-electron chi connectivity index (χ3n) is 2.51. The van der Waals surface area contributed by atoms with E-state index in [0.29, 0.717) is 18.3 Å². The third-order valence-corrected chi connectivity index (χ3v) is 2.51. The molecule has 98 valence electrons. The van der Waals surface area contributed by atoms with Crippen LogP contribution in [0.2, 0.25) is 0 Å². The first kappa shape index (κ1) is 14.1. The molecule has 0 spiro atoms. The van der Waals surface area contributed by atoms with Crippen LogP contribution in [0.3, 0.4) is 0 Å². The summed E-state index contributed by atoms with van der Waals surface area (Å²) in [5.74, 6) is 1.39. The normalized spacial score (nSPS) is 12.9. The van der Waals surface area contributed by atoms with Crippen LogP contribution in [-0.4, -0.2) is 30.3 Å². The van der Waals surface area contributed by atoms with E-state index in [2.05, 4.69) is 22.4 Å². The van der Waals surface area contributed by atoms with Gasteiger partial charge >= 0.3 is 0 Å². The van der Waals surface area contributed by atoms with Gasteiger partial charge in [0.05, 0.1) is 0 Å². The molecule has 1 atom stereocenters. The minimum Gasteiger partial charge on any atom is -0.370 e. The quantitative estimate of drug-likeness (QED) is 0.671. The molecular formula is C12H23N3O2. The molecule has 1 unspecified atom stereocenters. The van der Waals surface area contributed by atoms with Crippen LogP contribution < -0.4 is 5.32 Å². The van der Waals surface area contributed by atoms with E-state index < -0.39 is 0 Å². The number of rotatable bonds is 9. The average molecular weight is 241 g/mol. The first-order chi connectivity index (χ1) is 8.31. The number of hydrogen-bond donors (Lipinski definition) is 1. The van der Waals surface area contributed by atoms with Gasteiger partial charge in [-0.05, 0) is 33.4 Å². The number of aromatic nitrogens is 2. The Kier molecular flexibility index (Phi) is 6.81. The number of nitrogens with one attached hydrogen (secondary N) is 1. The average Bonchev–Trinajstić information content (AvgIpc) is 2.78. The monoisotopic (exact) mass is 241 g/mol. The summed E-state index contributed by atoms with van der Waals surface area (Å²) in [6.45, 7) is 5.74. The summed E-state index contributed by atoms with van der Waals surface area (Å²) in [4.78, 5) is 4.39. The van der Waals surface area contributed by atoms with Crippen molar-refractivity contribution in [3.05, 3.63) is 11.7 Å². The van der Waals surface area contributed by atoms with Crippen LogP contribution in [0.15, 0.2) is 4.52 Å². The Balaban J connectivity index is 2.51. The maximum Gasteiger partial charge on any atom is 0.226 e. The van der Waals surface area contributed by atoms with Crippen LogP contribution in [0, 0.1) is 0 Å². The maximum absolute atomic E-state index is 5.61. The molecule has 0 aliphatic heterocycles. The SMILES string of the molecule is CCCC(OCC)c1noc(CCCNC)n1. The lowest BCUT2D eigenvalue weighted by Gasteiger charge is -2.11. The van der Waals surface area contributed by atoms with Gasteiger partial charge in [-0.1, -0.05) is 18.5 Å². The molecule has 1 N–H and O–H groups in total. The molecule has 0 amide bonds. The zero-order valence-electron chi connectivity index (χ0n) is 11.0. The molecule has 5 heteroatoms. The summed E-state index contributed by atoms with van der Waals surface area (Å²) in [7, 11) is 1.94. The minimum atomic E-state index is -0.0215. The van der Waals surface area contributed by atoms with Gasteiger partial charge in [0.1, 0.15) is 6.10 Å². The molecule has 1 rings (SSSR count). The van der Waals surface area contributed by atoms with Crippen molar-refractivity contribution in [2.24, 2.45) is 0 Å². The van der Waals surface area contributed by atoms with Crippen molar-refractivity contribution in [3.8, 4) is 0 Å². The topological polar surface area (TPSA) is 60.2 Å². The second kappa shape index (κ2) is 8.20.